The molecule has 0 spiro atoms. The minimum atomic E-state index is -0.652. The van der Waals surface area contributed by atoms with Crippen LogP contribution in [-0.2, 0) is 14.3 Å². The van der Waals surface area contributed by atoms with Crippen molar-refractivity contribution in [3.05, 3.63) is 0 Å². The molecule has 5 N–H and O–H groups in total. The zero-order chi connectivity index (χ0) is 11.3. The number of carbonyl (C=O) groups is 1. The van der Waals surface area contributed by atoms with Crippen molar-refractivity contribution in [2.75, 3.05) is 33.4 Å². The van der Waals surface area contributed by atoms with Gasteiger partial charge in [0.1, 0.15) is 5.60 Å². The molecule has 1 rings (SSSR count). The SMILES string of the molecule is COC1(CNCC(N)C(N)=O)CCOC1. The summed E-state index contributed by atoms with van der Waals surface area (Å²) in [6, 6.07) is -0.652. The number of amides is 1. The van der Waals surface area contributed by atoms with E-state index in [1.165, 1.54) is 0 Å². The van der Waals surface area contributed by atoms with Crippen LogP contribution >= 0.6 is 0 Å². The fraction of sp³-hybridized carbons (Fsp3) is 0.889. The molecule has 2 unspecified atom stereocenters. The van der Waals surface area contributed by atoms with Crippen LogP contribution in [0.1, 0.15) is 6.42 Å². The van der Waals surface area contributed by atoms with Crippen LogP contribution in [0.15, 0.2) is 0 Å². The second-order valence-electron chi connectivity index (χ2n) is 3.83. The lowest BCUT2D eigenvalue weighted by molar-refractivity contribution is -0.119. The van der Waals surface area contributed by atoms with Gasteiger partial charge in [-0.05, 0) is 0 Å². The summed E-state index contributed by atoms with van der Waals surface area (Å²) in [5, 5.41) is 3.07. The number of hydrogen-bond acceptors (Lipinski definition) is 5. The van der Waals surface area contributed by atoms with E-state index < -0.39 is 11.9 Å². The molecule has 15 heavy (non-hydrogen) atoms. The predicted octanol–water partition coefficient (Wildman–Crippen LogP) is -1.81. The van der Waals surface area contributed by atoms with Crippen molar-refractivity contribution < 1.29 is 14.3 Å². The Balaban J connectivity index is 2.26. The summed E-state index contributed by atoms with van der Waals surface area (Å²) in [6.45, 7) is 2.25. The maximum absolute atomic E-state index is 10.7. The van der Waals surface area contributed by atoms with Crippen LogP contribution in [0.4, 0.5) is 0 Å². The molecule has 1 aliphatic heterocycles. The van der Waals surface area contributed by atoms with Gasteiger partial charge in [0.25, 0.3) is 0 Å². The minimum Gasteiger partial charge on any atom is -0.378 e. The van der Waals surface area contributed by atoms with E-state index in [1.807, 2.05) is 0 Å². The summed E-state index contributed by atoms with van der Waals surface area (Å²) in [5.74, 6) is -0.503. The van der Waals surface area contributed by atoms with E-state index in [0.717, 1.165) is 6.42 Å². The third kappa shape index (κ3) is 3.42. The quantitative estimate of drug-likeness (QED) is 0.487. The molecule has 1 amide bonds. The van der Waals surface area contributed by atoms with Gasteiger partial charge in [0, 0.05) is 33.2 Å². The third-order valence-corrected chi connectivity index (χ3v) is 2.68. The van der Waals surface area contributed by atoms with Gasteiger partial charge in [-0.15, -0.1) is 0 Å². The number of nitrogens with one attached hydrogen (secondary N) is 1. The molecule has 0 aromatic carbocycles. The van der Waals surface area contributed by atoms with Crippen molar-refractivity contribution in [2.24, 2.45) is 11.5 Å². The normalized spacial score (nSPS) is 27.9. The van der Waals surface area contributed by atoms with Gasteiger partial charge < -0.3 is 26.3 Å². The second-order valence-corrected chi connectivity index (χ2v) is 3.83. The van der Waals surface area contributed by atoms with E-state index in [-0.39, 0.29) is 5.60 Å². The van der Waals surface area contributed by atoms with Gasteiger partial charge in [0.05, 0.1) is 12.6 Å². The fourth-order valence-electron chi connectivity index (χ4n) is 1.52. The maximum atomic E-state index is 10.7. The van der Waals surface area contributed by atoms with E-state index in [4.69, 9.17) is 20.9 Å². The molecule has 6 nitrogen and oxygen atoms in total. The highest BCUT2D eigenvalue weighted by Crippen LogP contribution is 2.21. The van der Waals surface area contributed by atoms with Crippen LogP contribution in [0.25, 0.3) is 0 Å². The van der Waals surface area contributed by atoms with Gasteiger partial charge in [0.15, 0.2) is 0 Å². The Morgan fingerprint density at radius 3 is 2.93 bits per heavy atom. The molecule has 0 bridgehead atoms. The highest BCUT2D eigenvalue weighted by Gasteiger charge is 2.34. The van der Waals surface area contributed by atoms with Crippen molar-refractivity contribution in [3.63, 3.8) is 0 Å². The Hall–Kier alpha value is -0.690. The van der Waals surface area contributed by atoms with Crippen molar-refractivity contribution >= 4 is 5.91 Å². The van der Waals surface area contributed by atoms with Crippen LogP contribution < -0.4 is 16.8 Å². The highest BCUT2D eigenvalue weighted by atomic mass is 16.5. The van der Waals surface area contributed by atoms with Crippen molar-refractivity contribution in [1.82, 2.24) is 5.32 Å². The minimum absolute atomic E-state index is 0.280. The summed E-state index contributed by atoms with van der Waals surface area (Å²) < 4.78 is 10.7. The molecular weight excluding hydrogens is 198 g/mol. The monoisotopic (exact) mass is 217 g/mol. The number of primary amides is 1. The fourth-order valence-corrected chi connectivity index (χ4v) is 1.52. The smallest absolute Gasteiger partial charge is 0.235 e. The first kappa shape index (κ1) is 12.4. The van der Waals surface area contributed by atoms with Gasteiger partial charge in [-0.2, -0.15) is 0 Å². The Morgan fingerprint density at radius 2 is 2.47 bits per heavy atom. The van der Waals surface area contributed by atoms with E-state index >= 15 is 0 Å². The second kappa shape index (κ2) is 5.41. The van der Waals surface area contributed by atoms with Crippen molar-refractivity contribution in [2.45, 2.75) is 18.1 Å². The zero-order valence-electron chi connectivity index (χ0n) is 8.99. The third-order valence-electron chi connectivity index (χ3n) is 2.68. The molecule has 6 heteroatoms. The number of ether oxygens (including phenoxy) is 2. The van der Waals surface area contributed by atoms with E-state index in [2.05, 4.69) is 5.32 Å². The maximum Gasteiger partial charge on any atom is 0.235 e. The van der Waals surface area contributed by atoms with Crippen LogP contribution in [0, 0.1) is 0 Å². The lowest BCUT2D eigenvalue weighted by Crippen LogP contribution is -2.49. The highest BCUT2D eigenvalue weighted by molar-refractivity contribution is 5.79. The Bertz CT molecular complexity index is 217. The predicted molar refractivity (Wildman–Crippen MR) is 55.2 cm³/mol. The first-order valence-electron chi connectivity index (χ1n) is 4.98. The molecule has 1 fully saturated rings. The van der Waals surface area contributed by atoms with Crippen LogP contribution in [-0.4, -0.2) is 51.0 Å². The van der Waals surface area contributed by atoms with Gasteiger partial charge in [-0.25, -0.2) is 0 Å². The largest absolute Gasteiger partial charge is 0.378 e. The lowest BCUT2D eigenvalue weighted by atomic mass is 10.0. The average molecular weight is 217 g/mol. The zero-order valence-corrected chi connectivity index (χ0v) is 8.99. The number of hydrogen-bond donors (Lipinski definition) is 3. The van der Waals surface area contributed by atoms with Gasteiger partial charge in [-0.3, -0.25) is 4.79 Å². The summed E-state index contributed by atoms with van der Waals surface area (Å²) in [6.07, 6.45) is 0.850. The average Bonchev–Trinajstić information content (AvgIpc) is 2.67. The number of methoxy groups -OCH3 is 1. The summed E-state index contributed by atoms with van der Waals surface area (Å²) in [5.41, 5.74) is 10.2. The molecular formula is C9H19N3O3. The molecule has 0 aromatic rings. The number of carbonyl (C=O) groups excluding carboxylic acids is 1. The van der Waals surface area contributed by atoms with Gasteiger partial charge in [-0.1, -0.05) is 0 Å². The van der Waals surface area contributed by atoms with Gasteiger partial charge >= 0.3 is 0 Å². The molecule has 2 atom stereocenters. The molecule has 1 aliphatic rings. The first-order chi connectivity index (χ1) is 7.09. The first-order valence-corrected chi connectivity index (χ1v) is 4.98. The van der Waals surface area contributed by atoms with E-state index in [9.17, 15) is 4.79 Å². The van der Waals surface area contributed by atoms with Crippen LogP contribution in [0.5, 0.6) is 0 Å². The Labute approximate surface area is 89.3 Å². The topological polar surface area (TPSA) is 99.6 Å². The Kier molecular flexibility index (Phi) is 4.46. The van der Waals surface area contributed by atoms with E-state index in [1.54, 1.807) is 7.11 Å². The van der Waals surface area contributed by atoms with Crippen molar-refractivity contribution in [1.29, 1.82) is 0 Å². The molecule has 0 aliphatic carbocycles. The summed E-state index contributed by atoms with van der Waals surface area (Å²) >= 11 is 0. The van der Waals surface area contributed by atoms with Crippen LogP contribution in [0.3, 0.4) is 0 Å². The van der Waals surface area contributed by atoms with Crippen LogP contribution in [0.2, 0.25) is 0 Å². The standard InChI is InChI=1S/C9H19N3O3/c1-14-9(2-3-15-6-9)5-12-4-7(10)8(11)13/h7,12H,2-6,10H2,1H3,(H2,11,13). The lowest BCUT2D eigenvalue weighted by Gasteiger charge is -2.26. The molecule has 0 saturated carbocycles. The van der Waals surface area contributed by atoms with Crippen molar-refractivity contribution in [3.8, 4) is 0 Å². The van der Waals surface area contributed by atoms with E-state index in [0.29, 0.717) is 26.3 Å². The molecule has 1 saturated heterocycles. The molecule has 1 heterocycles. The Morgan fingerprint density at radius 1 is 1.73 bits per heavy atom. The van der Waals surface area contributed by atoms with Gasteiger partial charge in [0.2, 0.25) is 5.91 Å². The molecule has 0 radical (unpaired) electrons. The summed E-state index contributed by atoms with van der Waals surface area (Å²) in [4.78, 5) is 10.7. The summed E-state index contributed by atoms with van der Waals surface area (Å²) in [7, 11) is 1.66. The molecule has 88 valence electrons. The number of nitrogens with two attached hydrogens (primary N) is 2. The number of rotatable bonds is 6. The molecule has 0 aromatic heterocycles.